The van der Waals surface area contributed by atoms with Crippen molar-refractivity contribution < 1.29 is 14.7 Å². The molecule has 1 fully saturated rings. The molecule has 0 bridgehead atoms. The highest BCUT2D eigenvalue weighted by Gasteiger charge is 2.19. The third kappa shape index (κ3) is 6.83. The summed E-state index contributed by atoms with van der Waals surface area (Å²) in [7, 11) is 0. The molecule has 1 aromatic rings. The molecule has 7 heteroatoms. The van der Waals surface area contributed by atoms with Gasteiger partial charge in [-0.25, -0.2) is 0 Å². The Hall–Kier alpha value is -3.01. The van der Waals surface area contributed by atoms with Gasteiger partial charge in [-0.05, 0) is 43.9 Å². The number of carboxylic acids is 1. The highest BCUT2D eigenvalue weighted by atomic mass is 16.4. The van der Waals surface area contributed by atoms with Crippen molar-refractivity contribution in [2.75, 3.05) is 37.6 Å². The number of unbranched alkanes of at least 4 members (excludes halogenated alkanes) is 2. The molecule has 1 heterocycles. The van der Waals surface area contributed by atoms with Gasteiger partial charge in [-0.3, -0.25) is 9.59 Å². The second kappa shape index (κ2) is 11.1. The zero-order valence-electron chi connectivity index (χ0n) is 17.3. The van der Waals surface area contributed by atoms with E-state index in [1.54, 1.807) is 6.20 Å². The predicted octanol–water partition coefficient (Wildman–Crippen LogP) is 2.59. The second-order valence-electron chi connectivity index (χ2n) is 7.36. The summed E-state index contributed by atoms with van der Waals surface area (Å²) in [5.41, 5.74) is 3.92. The highest BCUT2D eigenvalue weighted by Crippen LogP contribution is 2.24. The van der Waals surface area contributed by atoms with Gasteiger partial charge in [0.05, 0.1) is 0 Å². The topological polar surface area (TPSA) is 96.7 Å². The van der Waals surface area contributed by atoms with Crippen LogP contribution in [0.2, 0.25) is 0 Å². The van der Waals surface area contributed by atoms with E-state index in [2.05, 4.69) is 42.3 Å². The standard InChI is InChI=1S/C22H30N4O3/c1-17-7-6-8-20(18(17)2)26-13-11-25(12-14-26)16-19(15-23)22(29)24-10-5-3-4-9-21(27)28/h6-8,16H,3-5,9-14H2,1-2H3,(H,24,29)(H,27,28)/b19-16-. The molecule has 0 saturated carbocycles. The van der Waals surface area contributed by atoms with Crippen LogP contribution in [0.3, 0.4) is 0 Å². The number of hydrogen-bond acceptors (Lipinski definition) is 5. The van der Waals surface area contributed by atoms with E-state index in [-0.39, 0.29) is 17.9 Å². The van der Waals surface area contributed by atoms with Crippen molar-refractivity contribution in [1.29, 1.82) is 5.26 Å². The SMILES string of the molecule is Cc1cccc(N2CCN(/C=C(/C#N)C(=O)NCCCCCC(=O)O)CC2)c1C. The lowest BCUT2D eigenvalue weighted by molar-refractivity contribution is -0.137. The summed E-state index contributed by atoms with van der Waals surface area (Å²) in [6, 6.07) is 8.32. The fourth-order valence-electron chi connectivity index (χ4n) is 3.37. The summed E-state index contributed by atoms with van der Waals surface area (Å²) in [5, 5.41) is 20.7. The summed E-state index contributed by atoms with van der Waals surface area (Å²) in [6.45, 7) is 7.87. The van der Waals surface area contributed by atoms with E-state index in [1.807, 2.05) is 11.0 Å². The van der Waals surface area contributed by atoms with Gasteiger partial charge in [0.15, 0.2) is 0 Å². The fraction of sp³-hybridized carbons (Fsp3) is 0.500. The van der Waals surface area contributed by atoms with Crippen molar-refractivity contribution in [3.8, 4) is 6.07 Å². The van der Waals surface area contributed by atoms with E-state index < -0.39 is 5.97 Å². The van der Waals surface area contributed by atoms with Crippen molar-refractivity contribution in [3.63, 3.8) is 0 Å². The lowest BCUT2D eigenvalue weighted by Gasteiger charge is -2.36. The second-order valence-corrected chi connectivity index (χ2v) is 7.36. The monoisotopic (exact) mass is 398 g/mol. The molecule has 0 atom stereocenters. The molecule has 2 N–H and O–H groups in total. The van der Waals surface area contributed by atoms with Crippen LogP contribution in [0, 0.1) is 25.2 Å². The van der Waals surface area contributed by atoms with Crippen LogP contribution in [0.5, 0.6) is 0 Å². The summed E-state index contributed by atoms with van der Waals surface area (Å²) < 4.78 is 0. The van der Waals surface area contributed by atoms with Crippen LogP contribution in [-0.2, 0) is 9.59 Å². The number of nitriles is 1. The summed E-state index contributed by atoms with van der Waals surface area (Å²) in [4.78, 5) is 27.1. The van der Waals surface area contributed by atoms with Crippen molar-refractivity contribution in [2.45, 2.75) is 39.5 Å². The number of piperazine rings is 1. The van der Waals surface area contributed by atoms with Gasteiger partial charge in [-0.2, -0.15) is 5.26 Å². The lowest BCUT2D eigenvalue weighted by Crippen LogP contribution is -2.44. The van der Waals surface area contributed by atoms with Crippen LogP contribution < -0.4 is 10.2 Å². The van der Waals surface area contributed by atoms with Crippen molar-refractivity contribution in [2.24, 2.45) is 0 Å². The van der Waals surface area contributed by atoms with Crippen molar-refractivity contribution >= 4 is 17.6 Å². The Labute approximate surface area is 172 Å². The third-order valence-corrected chi connectivity index (χ3v) is 5.26. The number of rotatable bonds is 9. The van der Waals surface area contributed by atoms with Gasteiger partial charge >= 0.3 is 5.97 Å². The first-order valence-corrected chi connectivity index (χ1v) is 10.1. The third-order valence-electron chi connectivity index (χ3n) is 5.26. The van der Waals surface area contributed by atoms with E-state index >= 15 is 0 Å². The molecule has 1 aliphatic rings. The molecule has 156 valence electrons. The number of aryl methyl sites for hydroxylation is 1. The molecule has 0 radical (unpaired) electrons. The maximum atomic E-state index is 12.2. The first kappa shape index (κ1) is 22.3. The minimum atomic E-state index is -0.804. The molecular formula is C22H30N4O3. The smallest absolute Gasteiger partial charge is 0.303 e. The van der Waals surface area contributed by atoms with Gasteiger partial charge < -0.3 is 20.2 Å². The minimum Gasteiger partial charge on any atom is -0.481 e. The first-order valence-electron chi connectivity index (χ1n) is 10.1. The maximum absolute atomic E-state index is 12.2. The van der Waals surface area contributed by atoms with E-state index in [4.69, 9.17) is 5.11 Å². The molecule has 0 aliphatic carbocycles. The highest BCUT2D eigenvalue weighted by molar-refractivity contribution is 5.97. The summed E-state index contributed by atoms with van der Waals surface area (Å²) >= 11 is 0. The van der Waals surface area contributed by atoms with Gasteiger partial charge in [0.2, 0.25) is 0 Å². The molecule has 0 spiro atoms. The van der Waals surface area contributed by atoms with E-state index in [9.17, 15) is 14.9 Å². The molecule has 1 aromatic carbocycles. The number of carbonyl (C=O) groups is 2. The normalized spacial score (nSPS) is 14.4. The largest absolute Gasteiger partial charge is 0.481 e. The molecular weight excluding hydrogens is 368 g/mol. The zero-order chi connectivity index (χ0) is 21.2. The number of carbonyl (C=O) groups excluding carboxylic acids is 1. The number of amides is 1. The number of nitrogens with zero attached hydrogens (tertiary/aromatic N) is 3. The Morgan fingerprint density at radius 1 is 1.17 bits per heavy atom. The Balaban J connectivity index is 1.81. The van der Waals surface area contributed by atoms with E-state index in [0.29, 0.717) is 19.4 Å². The number of hydrogen-bond donors (Lipinski definition) is 2. The summed E-state index contributed by atoms with van der Waals surface area (Å²) in [5.74, 6) is -1.18. The number of nitrogens with one attached hydrogen (secondary N) is 1. The van der Waals surface area contributed by atoms with Gasteiger partial charge in [0.1, 0.15) is 11.6 Å². The number of aliphatic carboxylic acids is 1. The maximum Gasteiger partial charge on any atom is 0.303 e. The molecule has 0 aromatic heterocycles. The Morgan fingerprint density at radius 2 is 1.90 bits per heavy atom. The van der Waals surface area contributed by atoms with Crippen molar-refractivity contribution in [3.05, 3.63) is 41.1 Å². The molecule has 29 heavy (non-hydrogen) atoms. The molecule has 2 rings (SSSR count). The van der Waals surface area contributed by atoms with Crippen LogP contribution in [0.25, 0.3) is 0 Å². The van der Waals surface area contributed by atoms with Crippen LogP contribution in [-0.4, -0.2) is 54.6 Å². The van der Waals surface area contributed by atoms with Crippen LogP contribution >= 0.6 is 0 Å². The van der Waals surface area contributed by atoms with Crippen LogP contribution in [0.1, 0.15) is 36.8 Å². The first-order chi connectivity index (χ1) is 13.9. The Kier molecular flexibility index (Phi) is 8.53. The summed E-state index contributed by atoms with van der Waals surface area (Å²) in [6.07, 6.45) is 3.83. The molecule has 7 nitrogen and oxygen atoms in total. The predicted molar refractivity (Wildman–Crippen MR) is 113 cm³/mol. The number of benzene rings is 1. The molecule has 1 saturated heterocycles. The van der Waals surface area contributed by atoms with Gasteiger partial charge in [-0.1, -0.05) is 18.6 Å². The Bertz CT molecular complexity index is 790. The van der Waals surface area contributed by atoms with Crippen LogP contribution in [0.15, 0.2) is 30.0 Å². The number of carboxylic acid groups (broad SMARTS) is 1. The molecule has 1 amide bonds. The molecule has 0 unspecified atom stereocenters. The zero-order valence-corrected chi connectivity index (χ0v) is 17.3. The van der Waals surface area contributed by atoms with Gasteiger partial charge in [0, 0.05) is 51.0 Å². The van der Waals surface area contributed by atoms with Gasteiger partial charge in [0.25, 0.3) is 5.91 Å². The number of anilines is 1. The average molecular weight is 399 g/mol. The minimum absolute atomic E-state index is 0.107. The lowest BCUT2D eigenvalue weighted by atomic mass is 10.1. The quantitative estimate of drug-likeness (QED) is 0.377. The average Bonchev–Trinajstić information content (AvgIpc) is 2.71. The van der Waals surface area contributed by atoms with E-state index in [1.165, 1.54) is 16.8 Å². The van der Waals surface area contributed by atoms with Crippen LogP contribution in [0.4, 0.5) is 5.69 Å². The van der Waals surface area contributed by atoms with Gasteiger partial charge in [-0.15, -0.1) is 0 Å². The molecule has 1 aliphatic heterocycles. The van der Waals surface area contributed by atoms with Crippen molar-refractivity contribution in [1.82, 2.24) is 10.2 Å². The Morgan fingerprint density at radius 3 is 2.55 bits per heavy atom. The fourth-order valence-corrected chi connectivity index (χ4v) is 3.37. The van der Waals surface area contributed by atoms with E-state index in [0.717, 1.165) is 32.6 Å².